The number of carbonyl (C=O) groups excluding carboxylic acids is 2. The smallest absolute Gasteiger partial charge is 0.335 e. The first-order valence-electron chi connectivity index (χ1n) is 13.1. The molecule has 0 spiro atoms. The molecule has 12 nitrogen and oxygen atoms in total. The Morgan fingerprint density at radius 3 is 2.58 bits per heavy atom. The highest BCUT2D eigenvalue weighted by Gasteiger charge is 2.54. The van der Waals surface area contributed by atoms with Crippen LogP contribution in [0.5, 0.6) is 0 Å². The molecule has 3 N–H and O–H groups in total. The number of hydrogen-bond acceptors (Lipinski definition) is 11. The number of imidazole rings is 1. The maximum Gasteiger partial charge on any atom is 0.335 e. The minimum absolute atomic E-state index is 0.198. The molecule has 0 radical (unpaired) electrons. The van der Waals surface area contributed by atoms with Gasteiger partial charge in [-0.15, -0.1) is 0 Å². The molecule has 4 atom stereocenters. The van der Waals surface area contributed by atoms with Gasteiger partial charge in [0, 0.05) is 6.42 Å². The molecule has 1 saturated carbocycles. The molecule has 0 aromatic carbocycles. The molecule has 1 aliphatic carbocycles. The van der Waals surface area contributed by atoms with Crippen LogP contribution in [0.1, 0.15) is 67.2 Å². The molecule has 0 saturated heterocycles. The Kier molecular flexibility index (Phi) is 8.46. The van der Waals surface area contributed by atoms with E-state index in [0.29, 0.717) is 36.4 Å². The molecule has 1 fully saturated rings. The Bertz CT molecular complexity index is 1250. The second-order valence-corrected chi connectivity index (χ2v) is 13.5. The van der Waals surface area contributed by atoms with E-state index in [-0.39, 0.29) is 30.6 Å². The SMILES string of the molecule is CC(C)OC(=O)[C@H](C)O[P@@]1(CO[C@H](C)Cn2cnc3c(N)ncnc32)=C2CCCC(C(=O)OC(C)C)(C2)N1. The summed E-state index contributed by atoms with van der Waals surface area (Å²) in [5.41, 5.74) is 6.20. The van der Waals surface area contributed by atoms with Gasteiger partial charge in [0.2, 0.25) is 0 Å². The molecule has 1 unspecified atom stereocenters. The van der Waals surface area contributed by atoms with Crippen molar-refractivity contribution in [3.05, 3.63) is 12.7 Å². The van der Waals surface area contributed by atoms with Gasteiger partial charge in [0.05, 0.1) is 38.4 Å². The molecule has 0 amide bonds. The van der Waals surface area contributed by atoms with E-state index in [1.165, 1.54) is 6.33 Å². The number of rotatable bonds is 11. The van der Waals surface area contributed by atoms with Gasteiger partial charge < -0.3 is 29.0 Å². The first kappa shape index (κ1) is 28.5. The quantitative estimate of drug-likeness (QED) is 0.314. The molecular formula is C25H39N6O6P. The highest BCUT2D eigenvalue weighted by Crippen LogP contribution is 2.59. The van der Waals surface area contributed by atoms with E-state index in [4.69, 9.17) is 24.5 Å². The number of hydrogen-bond donors (Lipinski definition) is 2. The maximum atomic E-state index is 13.2. The van der Waals surface area contributed by atoms with Gasteiger partial charge in [-0.05, 0) is 66.1 Å². The molecule has 38 heavy (non-hydrogen) atoms. The van der Waals surface area contributed by atoms with Crippen LogP contribution in [-0.4, -0.2) is 73.1 Å². The molecule has 2 aromatic rings. The van der Waals surface area contributed by atoms with Crippen LogP contribution in [0.2, 0.25) is 0 Å². The number of aromatic nitrogens is 4. The van der Waals surface area contributed by atoms with Crippen LogP contribution in [-0.2, 0) is 34.9 Å². The molecular weight excluding hydrogens is 511 g/mol. The lowest BCUT2D eigenvalue weighted by Gasteiger charge is -2.34. The van der Waals surface area contributed by atoms with Crippen molar-refractivity contribution >= 4 is 41.5 Å². The number of ether oxygens (including phenoxy) is 3. The van der Waals surface area contributed by atoms with Crippen LogP contribution in [0.4, 0.5) is 5.82 Å². The lowest BCUT2D eigenvalue weighted by atomic mass is 9.82. The number of carbonyl (C=O) groups is 2. The largest absolute Gasteiger partial charge is 0.462 e. The van der Waals surface area contributed by atoms with E-state index in [2.05, 4.69) is 20.0 Å². The Morgan fingerprint density at radius 1 is 1.13 bits per heavy atom. The normalized spacial score (nSPS) is 24.7. The van der Waals surface area contributed by atoms with Crippen molar-refractivity contribution in [1.29, 1.82) is 0 Å². The summed E-state index contributed by atoms with van der Waals surface area (Å²) in [5, 5.41) is 4.66. The molecule has 2 aliphatic rings. The summed E-state index contributed by atoms with van der Waals surface area (Å²) in [5.74, 6) is -0.416. The van der Waals surface area contributed by atoms with Crippen molar-refractivity contribution in [3.63, 3.8) is 0 Å². The summed E-state index contributed by atoms with van der Waals surface area (Å²) in [7, 11) is -2.69. The molecule has 210 valence electrons. The van der Waals surface area contributed by atoms with E-state index < -0.39 is 24.9 Å². The fourth-order valence-electron chi connectivity index (χ4n) is 4.98. The van der Waals surface area contributed by atoms with Crippen LogP contribution in [0.15, 0.2) is 12.7 Å². The Labute approximate surface area is 223 Å². The predicted octanol–water partition coefficient (Wildman–Crippen LogP) is 3.02. The third-order valence-electron chi connectivity index (χ3n) is 6.66. The predicted molar refractivity (Wildman–Crippen MR) is 144 cm³/mol. The van der Waals surface area contributed by atoms with E-state index in [9.17, 15) is 9.59 Å². The van der Waals surface area contributed by atoms with Crippen LogP contribution in [0.25, 0.3) is 11.2 Å². The maximum absolute atomic E-state index is 13.2. The summed E-state index contributed by atoms with van der Waals surface area (Å²) in [6, 6.07) is 0. The summed E-state index contributed by atoms with van der Waals surface area (Å²) < 4.78 is 25.8. The number of nitrogens with two attached hydrogens (primary N) is 1. The number of nitrogens with one attached hydrogen (secondary N) is 1. The van der Waals surface area contributed by atoms with Gasteiger partial charge in [-0.1, -0.05) is 0 Å². The average Bonchev–Trinajstić information content (AvgIpc) is 3.34. The second-order valence-electron chi connectivity index (χ2n) is 10.7. The second kappa shape index (κ2) is 11.3. The lowest BCUT2D eigenvalue weighted by Crippen LogP contribution is -2.51. The summed E-state index contributed by atoms with van der Waals surface area (Å²) in [6.07, 6.45) is 4.43. The minimum Gasteiger partial charge on any atom is -0.462 e. The summed E-state index contributed by atoms with van der Waals surface area (Å²) >= 11 is 0. The average molecular weight is 551 g/mol. The fourth-order valence-corrected chi connectivity index (χ4v) is 8.76. The third-order valence-corrected chi connectivity index (χ3v) is 10.0. The van der Waals surface area contributed by atoms with Gasteiger partial charge in [-0.25, -0.2) is 19.7 Å². The molecule has 4 rings (SSSR count). The van der Waals surface area contributed by atoms with Crippen LogP contribution >= 0.6 is 7.26 Å². The Hall–Kier alpha value is -2.53. The Balaban J connectivity index is 1.57. The molecule has 2 bridgehead atoms. The zero-order valence-electron chi connectivity index (χ0n) is 23.0. The van der Waals surface area contributed by atoms with Gasteiger partial charge in [0.1, 0.15) is 23.7 Å². The lowest BCUT2D eigenvalue weighted by molar-refractivity contribution is -0.155. The van der Waals surface area contributed by atoms with Crippen molar-refractivity contribution in [3.8, 4) is 0 Å². The van der Waals surface area contributed by atoms with Crippen molar-refractivity contribution in [2.75, 3.05) is 12.1 Å². The van der Waals surface area contributed by atoms with Crippen molar-refractivity contribution in [1.82, 2.24) is 24.6 Å². The van der Waals surface area contributed by atoms with Crippen molar-refractivity contribution in [2.45, 2.75) is 104 Å². The van der Waals surface area contributed by atoms with E-state index in [0.717, 1.165) is 18.1 Å². The van der Waals surface area contributed by atoms with Gasteiger partial charge in [-0.3, -0.25) is 9.88 Å². The van der Waals surface area contributed by atoms with Crippen LogP contribution in [0, 0.1) is 0 Å². The molecule has 13 heteroatoms. The molecule has 1 aliphatic heterocycles. The first-order chi connectivity index (χ1) is 17.9. The monoisotopic (exact) mass is 550 g/mol. The Morgan fingerprint density at radius 2 is 1.87 bits per heavy atom. The highest BCUT2D eigenvalue weighted by atomic mass is 31.2. The van der Waals surface area contributed by atoms with Gasteiger partial charge in [0.25, 0.3) is 0 Å². The number of nitrogens with zero attached hydrogens (tertiary/aromatic N) is 4. The standard InChI is InChI=1S/C25H39N6O6P/c1-15(2)35-23(32)18(6)37-38(19-8-7-9-25(10-19,30-38)24(33)36-16(3)4)14-34-17(5)11-31-13-29-20-21(26)27-12-28-22(20)31/h12-13,15-18,30H,7-11,14H2,1-6H3,(H2,26,27,28)/t17-,18+,25?,38+/m1/s1. The number of nitrogen functional groups attached to an aromatic ring is 1. The van der Waals surface area contributed by atoms with Crippen LogP contribution < -0.4 is 10.8 Å². The summed E-state index contributed by atoms with van der Waals surface area (Å²) in [6.45, 7) is 11.4. The number of esters is 2. The zero-order chi connectivity index (χ0) is 27.7. The topological polar surface area (TPSA) is 153 Å². The van der Waals surface area contributed by atoms with Crippen LogP contribution in [0.3, 0.4) is 0 Å². The fraction of sp³-hybridized carbons (Fsp3) is 0.680. The number of fused-ring (bicyclic) bond motifs is 3. The van der Waals surface area contributed by atoms with Gasteiger partial charge >= 0.3 is 11.9 Å². The zero-order valence-corrected chi connectivity index (χ0v) is 23.9. The van der Waals surface area contributed by atoms with E-state index >= 15 is 0 Å². The third kappa shape index (κ3) is 5.88. The molecule has 2 aromatic heterocycles. The molecule has 3 heterocycles. The minimum atomic E-state index is -2.69. The van der Waals surface area contributed by atoms with Gasteiger partial charge in [0.15, 0.2) is 17.6 Å². The van der Waals surface area contributed by atoms with Crippen molar-refractivity contribution in [2.24, 2.45) is 0 Å². The van der Waals surface area contributed by atoms with Gasteiger partial charge in [-0.2, -0.15) is 0 Å². The summed E-state index contributed by atoms with van der Waals surface area (Å²) in [4.78, 5) is 38.6. The number of anilines is 1. The van der Waals surface area contributed by atoms with E-state index in [1.54, 1.807) is 27.1 Å². The first-order valence-corrected chi connectivity index (χ1v) is 15.0. The van der Waals surface area contributed by atoms with Crippen molar-refractivity contribution < 1.29 is 28.3 Å². The van der Waals surface area contributed by atoms with E-state index in [1.807, 2.05) is 25.3 Å². The highest BCUT2D eigenvalue weighted by molar-refractivity contribution is 7.70.